The van der Waals surface area contributed by atoms with Crippen molar-refractivity contribution in [1.82, 2.24) is 10.6 Å². The first-order valence-corrected chi connectivity index (χ1v) is 7.80. The highest BCUT2D eigenvalue weighted by molar-refractivity contribution is 6.31. The van der Waals surface area contributed by atoms with Crippen molar-refractivity contribution in [2.75, 3.05) is 0 Å². The van der Waals surface area contributed by atoms with Crippen LogP contribution in [0.15, 0.2) is 18.2 Å². The lowest BCUT2D eigenvalue weighted by Gasteiger charge is -2.31. The van der Waals surface area contributed by atoms with Gasteiger partial charge in [-0.1, -0.05) is 31.5 Å². The fraction of sp³-hybridized carbons (Fsp3) is 0.562. The molecule has 0 heterocycles. The van der Waals surface area contributed by atoms with Gasteiger partial charge in [-0.3, -0.25) is 0 Å². The van der Waals surface area contributed by atoms with Crippen LogP contribution < -0.4 is 10.6 Å². The van der Waals surface area contributed by atoms with Gasteiger partial charge in [0.15, 0.2) is 0 Å². The molecule has 1 aliphatic carbocycles. The van der Waals surface area contributed by atoms with Crippen molar-refractivity contribution in [3.8, 4) is 0 Å². The van der Waals surface area contributed by atoms with Crippen LogP contribution >= 0.6 is 11.6 Å². The minimum absolute atomic E-state index is 0.193. The number of amides is 2. The molecular formula is C16H22ClFN2O. The van der Waals surface area contributed by atoms with Gasteiger partial charge in [0.2, 0.25) is 0 Å². The summed E-state index contributed by atoms with van der Waals surface area (Å²) < 4.78 is 12.9. The van der Waals surface area contributed by atoms with Gasteiger partial charge in [-0.25, -0.2) is 9.18 Å². The average molecular weight is 313 g/mol. The Morgan fingerprint density at radius 3 is 2.57 bits per heavy atom. The Bertz CT molecular complexity index is 499. The van der Waals surface area contributed by atoms with Crippen molar-refractivity contribution in [2.45, 2.75) is 45.7 Å². The molecule has 2 N–H and O–H groups in total. The molecule has 2 rings (SSSR count). The van der Waals surface area contributed by atoms with Crippen LogP contribution in [0.4, 0.5) is 9.18 Å². The summed E-state index contributed by atoms with van der Waals surface area (Å²) in [5.41, 5.74) is 0.707. The van der Waals surface area contributed by atoms with E-state index in [1.807, 2.05) is 0 Å². The Kier molecular flexibility index (Phi) is 5.45. The lowest BCUT2D eigenvalue weighted by atomic mass is 9.80. The minimum Gasteiger partial charge on any atom is -0.335 e. The predicted octanol–water partition coefficient (Wildman–Crippen LogP) is 4.10. The number of hydrogen-bond acceptors (Lipinski definition) is 1. The maximum absolute atomic E-state index is 12.9. The number of benzene rings is 1. The molecule has 0 bridgehead atoms. The quantitative estimate of drug-likeness (QED) is 0.866. The second-order valence-corrected chi connectivity index (χ2v) is 6.58. The van der Waals surface area contributed by atoms with Crippen LogP contribution in [0.2, 0.25) is 5.02 Å². The highest BCUT2D eigenvalue weighted by Crippen LogP contribution is 2.28. The largest absolute Gasteiger partial charge is 0.335 e. The van der Waals surface area contributed by atoms with Crippen molar-refractivity contribution in [3.05, 3.63) is 34.6 Å². The summed E-state index contributed by atoms with van der Waals surface area (Å²) in [6.45, 7) is 4.74. The monoisotopic (exact) mass is 312 g/mol. The van der Waals surface area contributed by atoms with Gasteiger partial charge >= 0.3 is 6.03 Å². The van der Waals surface area contributed by atoms with Crippen molar-refractivity contribution < 1.29 is 9.18 Å². The molecule has 0 aliphatic heterocycles. The zero-order valence-corrected chi connectivity index (χ0v) is 13.2. The van der Waals surface area contributed by atoms with Gasteiger partial charge in [-0.2, -0.15) is 0 Å². The summed E-state index contributed by atoms with van der Waals surface area (Å²) in [6.07, 6.45) is 3.27. The normalized spacial score (nSPS) is 25.4. The summed E-state index contributed by atoms with van der Waals surface area (Å²) in [4.78, 5) is 11.9. The molecule has 5 heteroatoms. The van der Waals surface area contributed by atoms with Crippen LogP contribution in [0.3, 0.4) is 0 Å². The van der Waals surface area contributed by atoms with E-state index in [0.29, 0.717) is 29.0 Å². The summed E-state index contributed by atoms with van der Waals surface area (Å²) in [5, 5.41) is 6.12. The van der Waals surface area contributed by atoms with Crippen LogP contribution in [-0.4, -0.2) is 12.1 Å². The van der Waals surface area contributed by atoms with E-state index in [-0.39, 0.29) is 17.9 Å². The third-order valence-corrected chi connectivity index (χ3v) is 4.32. The Morgan fingerprint density at radius 1 is 1.29 bits per heavy atom. The molecule has 1 aromatic carbocycles. The molecule has 2 unspecified atom stereocenters. The molecule has 0 saturated heterocycles. The minimum atomic E-state index is -0.376. The van der Waals surface area contributed by atoms with Crippen molar-refractivity contribution >= 4 is 17.6 Å². The zero-order valence-electron chi connectivity index (χ0n) is 12.5. The third kappa shape index (κ3) is 4.88. The van der Waals surface area contributed by atoms with Gasteiger partial charge in [0.25, 0.3) is 0 Å². The smallest absolute Gasteiger partial charge is 0.315 e. The fourth-order valence-electron chi connectivity index (χ4n) is 3.14. The maximum atomic E-state index is 12.9. The second kappa shape index (κ2) is 7.12. The van der Waals surface area contributed by atoms with E-state index < -0.39 is 0 Å². The lowest BCUT2D eigenvalue weighted by Crippen LogP contribution is -2.44. The fourth-order valence-corrected chi connectivity index (χ4v) is 3.38. The van der Waals surface area contributed by atoms with Crippen LogP contribution in [0, 0.1) is 17.7 Å². The van der Waals surface area contributed by atoms with Crippen LogP contribution in [0.5, 0.6) is 0 Å². The van der Waals surface area contributed by atoms with Crippen LogP contribution in [-0.2, 0) is 6.54 Å². The average Bonchev–Trinajstić information content (AvgIpc) is 2.36. The second-order valence-electron chi connectivity index (χ2n) is 6.18. The Morgan fingerprint density at radius 2 is 1.95 bits per heavy atom. The molecule has 1 aliphatic rings. The van der Waals surface area contributed by atoms with E-state index in [1.165, 1.54) is 18.6 Å². The van der Waals surface area contributed by atoms with Gasteiger partial charge in [-0.15, -0.1) is 0 Å². The lowest BCUT2D eigenvalue weighted by molar-refractivity contribution is 0.213. The number of halogens is 2. The molecule has 3 nitrogen and oxygen atoms in total. The highest BCUT2D eigenvalue weighted by atomic mass is 35.5. The topological polar surface area (TPSA) is 41.1 Å². The van der Waals surface area contributed by atoms with E-state index in [0.717, 1.165) is 12.8 Å². The number of carbonyl (C=O) groups is 1. The Labute approximate surface area is 130 Å². The van der Waals surface area contributed by atoms with Crippen LogP contribution in [0.25, 0.3) is 0 Å². The Balaban J connectivity index is 1.82. The van der Waals surface area contributed by atoms with Crippen LogP contribution in [0.1, 0.15) is 38.7 Å². The highest BCUT2D eigenvalue weighted by Gasteiger charge is 2.24. The molecule has 116 valence electrons. The molecule has 1 fully saturated rings. The number of hydrogen-bond donors (Lipinski definition) is 2. The van der Waals surface area contributed by atoms with Gasteiger partial charge in [0.1, 0.15) is 5.82 Å². The molecule has 21 heavy (non-hydrogen) atoms. The zero-order chi connectivity index (χ0) is 15.4. The van der Waals surface area contributed by atoms with Gasteiger partial charge in [0, 0.05) is 17.6 Å². The van der Waals surface area contributed by atoms with E-state index >= 15 is 0 Å². The van der Waals surface area contributed by atoms with E-state index in [4.69, 9.17) is 11.6 Å². The van der Waals surface area contributed by atoms with E-state index in [1.54, 1.807) is 6.07 Å². The first-order chi connectivity index (χ1) is 9.94. The Hall–Kier alpha value is -1.29. The standard InChI is InChI=1S/C16H22ClFN2O/c1-10-5-11(2)7-14(6-10)20-16(21)19-9-12-3-4-13(18)8-15(12)17/h3-4,8,10-11,14H,5-7,9H2,1-2H3,(H2,19,20,21). The van der Waals surface area contributed by atoms with Crippen molar-refractivity contribution in [2.24, 2.45) is 11.8 Å². The number of urea groups is 1. The number of nitrogens with one attached hydrogen (secondary N) is 2. The summed E-state index contributed by atoms with van der Waals surface area (Å²) in [6, 6.07) is 4.21. The number of carbonyl (C=O) groups excluding carboxylic acids is 1. The summed E-state index contributed by atoms with van der Waals surface area (Å²) in [5.74, 6) is 0.912. The van der Waals surface area contributed by atoms with E-state index in [2.05, 4.69) is 24.5 Å². The summed E-state index contributed by atoms with van der Waals surface area (Å²) in [7, 11) is 0. The first-order valence-electron chi connectivity index (χ1n) is 7.42. The molecule has 0 radical (unpaired) electrons. The molecule has 2 amide bonds. The van der Waals surface area contributed by atoms with E-state index in [9.17, 15) is 9.18 Å². The maximum Gasteiger partial charge on any atom is 0.315 e. The van der Waals surface area contributed by atoms with Crippen molar-refractivity contribution in [3.63, 3.8) is 0 Å². The molecular weight excluding hydrogens is 291 g/mol. The van der Waals surface area contributed by atoms with Gasteiger partial charge in [-0.05, 0) is 48.8 Å². The summed E-state index contributed by atoms with van der Waals surface area (Å²) >= 11 is 5.93. The van der Waals surface area contributed by atoms with Gasteiger partial charge in [0.05, 0.1) is 0 Å². The molecule has 0 spiro atoms. The predicted molar refractivity (Wildman–Crippen MR) is 82.7 cm³/mol. The molecule has 0 aromatic heterocycles. The van der Waals surface area contributed by atoms with Crippen molar-refractivity contribution in [1.29, 1.82) is 0 Å². The molecule has 1 aromatic rings. The molecule has 1 saturated carbocycles. The number of rotatable bonds is 3. The third-order valence-electron chi connectivity index (χ3n) is 3.97. The molecule has 2 atom stereocenters. The SMILES string of the molecule is CC1CC(C)CC(NC(=O)NCc2ccc(F)cc2Cl)C1. The van der Waals surface area contributed by atoms with Gasteiger partial charge < -0.3 is 10.6 Å². The first kappa shape index (κ1) is 16.1.